The zero-order valence-electron chi connectivity index (χ0n) is 5.02. The molecule has 9 heavy (non-hydrogen) atoms. The van der Waals surface area contributed by atoms with Crippen LogP contribution in [0.3, 0.4) is 0 Å². The normalized spacial score (nSPS) is 7.56. The summed E-state index contributed by atoms with van der Waals surface area (Å²) in [4.78, 5) is 0. The van der Waals surface area contributed by atoms with Crippen LogP contribution < -0.4 is 0 Å². The molecule has 48 valence electrons. The molecule has 0 aliphatic carbocycles. The second-order valence-electron chi connectivity index (χ2n) is 1.61. The van der Waals surface area contributed by atoms with Crippen LogP contribution in [0.15, 0.2) is 36.9 Å². The first-order chi connectivity index (χ1) is 3.93. The maximum atomic E-state index is 3.63. The van der Waals surface area contributed by atoms with Gasteiger partial charge in [0.25, 0.3) is 0 Å². The zero-order chi connectivity index (χ0) is 5.82. The van der Waals surface area contributed by atoms with Gasteiger partial charge in [-0.15, -0.1) is 0 Å². The summed E-state index contributed by atoms with van der Waals surface area (Å²) in [5.41, 5.74) is 1.17. The van der Waals surface area contributed by atoms with E-state index < -0.39 is 0 Å². The van der Waals surface area contributed by atoms with E-state index in [9.17, 15) is 0 Å². The van der Waals surface area contributed by atoms with Crippen molar-refractivity contribution in [3.63, 3.8) is 0 Å². The van der Waals surface area contributed by atoms with Crippen molar-refractivity contribution in [3.05, 3.63) is 42.5 Å². The molecule has 0 heterocycles. The second kappa shape index (κ2) is 4.46. The monoisotopic (exact) mass is 206 g/mol. The van der Waals surface area contributed by atoms with Gasteiger partial charge in [-0.05, 0) is 5.56 Å². The maximum absolute atomic E-state index is 3.63. The minimum absolute atomic E-state index is 0. The van der Waals surface area contributed by atoms with Gasteiger partial charge in [0.1, 0.15) is 0 Å². The quantitative estimate of drug-likeness (QED) is 0.617. The van der Waals surface area contributed by atoms with E-state index in [1.165, 1.54) is 5.56 Å². The van der Waals surface area contributed by atoms with E-state index in [0.29, 0.717) is 0 Å². The molecule has 0 spiro atoms. The number of hydrogen-bond acceptors (Lipinski definition) is 0. The summed E-state index contributed by atoms with van der Waals surface area (Å²) in [5, 5.41) is 0. The molecule has 0 radical (unpaired) electrons. The fourth-order valence-corrected chi connectivity index (χ4v) is 0.589. The molecule has 0 amide bonds. The summed E-state index contributed by atoms with van der Waals surface area (Å²) in [5.74, 6) is 0. The third-order valence-corrected chi connectivity index (χ3v) is 1.04. The standard InChI is InChI=1S/C8H8.Ru/c1-2-8-6-4-3-5-7-8;/h2-7H,1H2;. The Morgan fingerprint density at radius 3 is 2.00 bits per heavy atom. The molecule has 0 unspecified atom stereocenters. The summed E-state index contributed by atoms with van der Waals surface area (Å²) in [7, 11) is 0. The van der Waals surface area contributed by atoms with Gasteiger partial charge in [0.05, 0.1) is 0 Å². The Balaban J connectivity index is 0.000000640. The molecule has 0 aliphatic heterocycles. The van der Waals surface area contributed by atoms with Gasteiger partial charge in [-0.1, -0.05) is 43.0 Å². The summed E-state index contributed by atoms with van der Waals surface area (Å²) in [6, 6.07) is 10.0. The second-order valence-corrected chi connectivity index (χ2v) is 1.61. The van der Waals surface area contributed by atoms with Crippen molar-refractivity contribution in [2.45, 2.75) is 0 Å². The van der Waals surface area contributed by atoms with Gasteiger partial charge in [-0.25, -0.2) is 0 Å². The fraction of sp³-hybridized carbons (Fsp3) is 0. The topological polar surface area (TPSA) is 0 Å². The molecule has 0 aromatic heterocycles. The van der Waals surface area contributed by atoms with E-state index in [4.69, 9.17) is 0 Å². The van der Waals surface area contributed by atoms with Crippen molar-refractivity contribution in [1.29, 1.82) is 0 Å². The molecule has 0 saturated heterocycles. The molecular weight excluding hydrogens is 197 g/mol. The molecule has 0 atom stereocenters. The van der Waals surface area contributed by atoms with Gasteiger partial charge in [0, 0.05) is 19.5 Å². The van der Waals surface area contributed by atoms with Crippen molar-refractivity contribution in [2.24, 2.45) is 0 Å². The summed E-state index contributed by atoms with van der Waals surface area (Å²) < 4.78 is 0. The molecule has 0 fully saturated rings. The Morgan fingerprint density at radius 2 is 1.67 bits per heavy atom. The summed E-state index contributed by atoms with van der Waals surface area (Å²) >= 11 is 0. The van der Waals surface area contributed by atoms with Crippen molar-refractivity contribution < 1.29 is 19.5 Å². The number of hydrogen-bond donors (Lipinski definition) is 0. The van der Waals surface area contributed by atoms with E-state index in [2.05, 4.69) is 6.58 Å². The molecule has 0 bridgehead atoms. The van der Waals surface area contributed by atoms with E-state index >= 15 is 0 Å². The molecule has 1 aromatic carbocycles. The molecule has 1 heteroatoms. The average Bonchev–Trinajstić information content (AvgIpc) is 1.90. The minimum Gasteiger partial charge on any atom is -0.0985 e. The molecule has 1 rings (SSSR count). The number of benzene rings is 1. The van der Waals surface area contributed by atoms with E-state index in [0.717, 1.165) is 0 Å². The SMILES string of the molecule is C=Cc1ccccc1.[Ru]. The van der Waals surface area contributed by atoms with Crippen LogP contribution in [0.4, 0.5) is 0 Å². The third-order valence-electron chi connectivity index (χ3n) is 1.04. The zero-order valence-corrected chi connectivity index (χ0v) is 6.76. The van der Waals surface area contributed by atoms with Gasteiger partial charge in [0.2, 0.25) is 0 Å². The van der Waals surface area contributed by atoms with Crippen LogP contribution in [0, 0.1) is 0 Å². The summed E-state index contributed by atoms with van der Waals surface area (Å²) in [6.45, 7) is 3.63. The van der Waals surface area contributed by atoms with Gasteiger partial charge in [-0.2, -0.15) is 0 Å². The Labute approximate surface area is 68.4 Å². The van der Waals surface area contributed by atoms with Crippen LogP contribution in [0.25, 0.3) is 6.08 Å². The Morgan fingerprint density at radius 1 is 1.11 bits per heavy atom. The maximum Gasteiger partial charge on any atom is 0 e. The van der Waals surface area contributed by atoms with Crippen molar-refractivity contribution in [2.75, 3.05) is 0 Å². The number of rotatable bonds is 1. The van der Waals surface area contributed by atoms with Gasteiger partial charge >= 0.3 is 0 Å². The van der Waals surface area contributed by atoms with Crippen molar-refractivity contribution in [3.8, 4) is 0 Å². The van der Waals surface area contributed by atoms with Crippen LogP contribution in [0.2, 0.25) is 0 Å². The third kappa shape index (κ3) is 2.57. The fourth-order valence-electron chi connectivity index (χ4n) is 0.589. The van der Waals surface area contributed by atoms with Crippen molar-refractivity contribution >= 4 is 6.08 Å². The molecule has 0 nitrogen and oxygen atoms in total. The van der Waals surface area contributed by atoms with Crippen LogP contribution >= 0.6 is 0 Å². The van der Waals surface area contributed by atoms with Crippen LogP contribution in [0.1, 0.15) is 5.56 Å². The molecular formula is C8H8Ru. The molecule has 0 N–H and O–H groups in total. The van der Waals surface area contributed by atoms with Gasteiger partial charge in [0.15, 0.2) is 0 Å². The summed E-state index contributed by atoms with van der Waals surface area (Å²) in [6.07, 6.45) is 1.83. The Kier molecular flexibility index (Phi) is 4.25. The Hall–Kier alpha value is -0.417. The molecule has 0 aliphatic rings. The van der Waals surface area contributed by atoms with E-state index in [1.807, 2.05) is 36.4 Å². The largest absolute Gasteiger partial charge is 0.0985 e. The van der Waals surface area contributed by atoms with E-state index in [-0.39, 0.29) is 19.5 Å². The van der Waals surface area contributed by atoms with E-state index in [1.54, 1.807) is 0 Å². The van der Waals surface area contributed by atoms with Crippen LogP contribution in [-0.2, 0) is 19.5 Å². The molecule has 0 saturated carbocycles. The van der Waals surface area contributed by atoms with Crippen LogP contribution in [-0.4, -0.2) is 0 Å². The smallest absolute Gasteiger partial charge is 0 e. The van der Waals surface area contributed by atoms with Crippen molar-refractivity contribution in [1.82, 2.24) is 0 Å². The van der Waals surface area contributed by atoms with Gasteiger partial charge < -0.3 is 0 Å². The van der Waals surface area contributed by atoms with Crippen LogP contribution in [0.5, 0.6) is 0 Å². The first-order valence-corrected chi connectivity index (χ1v) is 2.61. The molecule has 1 aromatic rings. The first-order valence-electron chi connectivity index (χ1n) is 2.61. The Bertz CT molecular complexity index is 167. The minimum atomic E-state index is 0. The average molecular weight is 205 g/mol. The first kappa shape index (κ1) is 8.58. The predicted octanol–water partition coefficient (Wildman–Crippen LogP) is 2.33. The van der Waals surface area contributed by atoms with Gasteiger partial charge in [-0.3, -0.25) is 0 Å². The predicted molar refractivity (Wildman–Crippen MR) is 36.5 cm³/mol.